The number of thiocarbonyl (C=S) groups is 1. The summed E-state index contributed by atoms with van der Waals surface area (Å²) in [5.41, 5.74) is 0.220. The molecule has 0 saturated carbocycles. The highest BCUT2D eigenvalue weighted by atomic mass is 79.9. The van der Waals surface area contributed by atoms with Crippen molar-refractivity contribution in [3.05, 3.63) is 74.7 Å². The van der Waals surface area contributed by atoms with Crippen LogP contribution in [0, 0.1) is 23.3 Å². The third kappa shape index (κ3) is 4.81. The third-order valence-corrected chi connectivity index (χ3v) is 5.71. The quantitative estimate of drug-likeness (QED) is 0.159. The number of carbonyl (C=O) groups is 1. The standard InChI is InChI=1S/C22H11BrClF4N3O3S/c1-33-19-17(27)15(25)14(16(26)18(19)28)20(32)31-22(35)29-9-3-5-13-12(7-9)30-21(34-13)10-6-8(23)2-4-11(10)24/h2-7H,1H3,(H2,29,31,32,35). The van der Waals surface area contributed by atoms with Crippen molar-refractivity contribution in [1.82, 2.24) is 10.3 Å². The van der Waals surface area contributed by atoms with Gasteiger partial charge in [0.1, 0.15) is 11.1 Å². The monoisotopic (exact) mass is 587 g/mol. The fourth-order valence-corrected chi connectivity index (χ4v) is 3.87. The van der Waals surface area contributed by atoms with E-state index in [0.717, 1.165) is 11.6 Å². The Morgan fingerprint density at radius 3 is 2.43 bits per heavy atom. The van der Waals surface area contributed by atoms with Gasteiger partial charge in [0, 0.05) is 10.2 Å². The molecule has 0 spiro atoms. The van der Waals surface area contributed by atoms with Crippen molar-refractivity contribution >= 4 is 67.6 Å². The molecule has 0 saturated heterocycles. The SMILES string of the molecule is COc1c(F)c(F)c(C(=O)NC(=S)Nc2ccc3oc(-c4cc(Br)ccc4Cl)nc3c2)c(F)c1F. The number of aromatic nitrogens is 1. The van der Waals surface area contributed by atoms with Gasteiger partial charge in [-0.1, -0.05) is 27.5 Å². The Morgan fingerprint density at radius 1 is 1.09 bits per heavy atom. The summed E-state index contributed by atoms with van der Waals surface area (Å²) >= 11 is 14.6. The van der Waals surface area contributed by atoms with Crippen molar-refractivity contribution in [3.63, 3.8) is 0 Å². The average molecular weight is 589 g/mol. The summed E-state index contributed by atoms with van der Waals surface area (Å²) in [6.45, 7) is 0. The van der Waals surface area contributed by atoms with Gasteiger partial charge in [-0.25, -0.2) is 13.8 Å². The van der Waals surface area contributed by atoms with Crippen LogP contribution in [0.2, 0.25) is 5.02 Å². The molecule has 0 aliphatic rings. The number of nitrogens with zero attached hydrogens (tertiary/aromatic N) is 1. The molecule has 2 N–H and O–H groups in total. The van der Waals surface area contributed by atoms with Gasteiger partial charge in [0.15, 0.2) is 28.1 Å². The lowest BCUT2D eigenvalue weighted by Crippen LogP contribution is -2.35. The molecular formula is C22H11BrClF4N3O3S. The maximum atomic E-state index is 14.2. The van der Waals surface area contributed by atoms with Crippen LogP contribution in [0.5, 0.6) is 5.75 Å². The number of ether oxygens (including phenoxy) is 1. The lowest BCUT2D eigenvalue weighted by molar-refractivity contribution is 0.0966. The number of rotatable bonds is 4. The van der Waals surface area contributed by atoms with Gasteiger partial charge in [-0.3, -0.25) is 10.1 Å². The lowest BCUT2D eigenvalue weighted by Gasteiger charge is -2.12. The molecule has 13 heteroatoms. The van der Waals surface area contributed by atoms with Gasteiger partial charge < -0.3 is 14.5 Å². The summed E-state index contributed by atoms with van der Waals surface area (Å²) in [5, 5.41) is 4.62. The van der Waals surface area contributed by atoms with Crippen LogP contribution in [0.25, 0.3) is 22.6 Å². The predicted octanol–water partition coefficient (Wildman–Crippen LogP) is 6.60. The lowest BCUT2D eigenvalue weighted by atomic mass is 10.1. The molecule has 0 aliphatic carbocycles. The number of oxazole rings is 1. The van der Waals surface area contributed by atoms with Gasteiger partial charge in [-0.2, -0.15) is 8.78 Å². The van der Waals surface area contributed by atoms with Crippen LogP contribution >= 0.6 is 39.7 Å². The number of fused-ring (bicyclic) bond motifs is 1. The third-order valence-electron chi connectivity index (χ3n) is 4.69. The van der Waals surface area contributed by atoms with Crippen LogP contribution in [-0.4, -0.2) is 23.1 Å². The summed E-state index contributed by atoms with van der Waals surface area (Å²) in [5.74, 6) is -10.1. The van der Waals surface area contributed by atoms with Crippen molar-refractivity contribution in [1.29, 1.82) is 0 Å². The van der Waals surface area contributed by atoms with Crippen molar-refractivity contribution in [2.45, 2.75) is 0 Å². The van der Waals surface area contributed by atoms with Gasteiger partial charge in [0.25, 0.3) is 5.91 Å². The minimum atomic E-state index is -1.93. The predicted molar refractivity (Wildman–Crippen MR) is 129 cm³/mol. The molecule has 6 nitrogen and oxygen atoms in total. The minimum Gasteiger partial charge on any atom is -0.491 e. The number of amides is 1. The Labute approximate surface area is 213 Å². The number of benzene rings is 3. The van der Waals surface area contributed by atoms with Crippen molar-refractivity contribution in [2.75, 3.05) is 12.4 Å². The molecule has 0 atom stereocenters. The van der Waals surface area contributed by atoms with Crippen LogP contribution in [0.1, 0.15) is 10.4 Å². The van der Waals surface area contributed by atoms with Crippen molar-refractivity contribution in [3.8, 4) is 17.2 Å². The van der Waals surface area contributed by atoms with E-state index < -0.39 is 45.6 Å². The Bertz CT molecular complexity index is 1490. The first-order valence-electron chi connectivity index (χ1n) is 9.49. The number of carbonyl (C=O) groups excluding carboxylic acids is 1. The second-order valence-corrected chi connectivity index (χ2v) is 8.63. The van der Waals surface area contributed by atoms with Crippen LogP contribution in [0.3, 0.4) is 0 Å². The van der Waals surface area contributed by atoms with E-state index in [1.54, 1.807) is 24.3 Å². The van der Waals surface area contributed by atoms with Crippen LogP contribution in [-0.2, 0) is 0 Å². The molecular weight excluding hydrogens is 578 g/mol. The molecule has 4 aromatic rings. The number of hydrogen-bond donors (Lipinski definition) is 2. The highest BCUT2D eigenvalue weighted by Crippen LogP contribution is 2.33. The molecule has 1 heterocycles. The van der Waals surface area contributed by atoms with Crippen molar-refractivity contribution < 1.29 is 31.5 Å². The molecule has 0 aliphatic heterocycles. The van der Waals surface area contributed by atoms with E-state index in [9.17, 15) is 22.4 Å². The van der Waals surface area contributed by atoms with E-state index >= 15 is 0 Å². The van der Waals surface area contributed by atoms with Gasteiger partial charge in [0.2, 0.25) is 17.5 Å². The number of methoxy groups -OCH3 is 1. The van der Waals surface area contributed by atoms with E-state index in [-0.39, 0.29) is 5.89 Å². The van der Waals surface area contributed by atoms with Crippen LogP contribution in [0.15, 0.2) is 45.3 Å². The summed E-state index contributed by atoms with van der Waals surface area (Å²) in [4.78, 5) is 16.7. The fraction of sp³-hybridized carbons (Fsp3) is 0.0455. The Balaban J connectivity index is 1.55. The first-order chi connectivity index (χ1) is 16.6. The van der Waals surface area contributed by atoms with Crippen LogP contribution < -0.4 is 15.4 Å². The number of hydrogen-bond acceptors (Lipinski definition) is 5. The van der Waals surface area contributed by atoms with E-state index in [1.165, 1.54) is 12.1 Å². The first kappa shape index (κ1) is 24.9. The van der Waals surface area contributed by atoms with E-state index in [0.29, 0.717) is 27.4 Å². The topological polar surface area (TPSA) is 76.4 Å². The normalized spacial score (nSPS) is 10.9. The van der Waals surface area contributed by atoms with E-state index in [4.69, 9.17) is 28.2 Å². The second kappa shape index (κ2) is 9.80. The summed E-state index contributed by atoms with van der Waals surface area (Å²) in [6, 6.07) is 9.80. The molecule has 3 aromatic carbocycles. The van der Waals surface area contributed by atoms with Gasteiger partial charge in [-0.05, 0) is 48.6 Å². The molecule has 1 amide bonds. The molecule has 0 fully saturated rings. The molecule has 0 radical (unpaired) electrons. The zero-order valence-electron chi connectivity index (χ0n) is 17.3. The number of anilines is 1. The zero-order valence-corrected chi connectivity index (χ0v) is 20.5. The van der Waals surface area contributed by atoms with E-state index in [2.05, 4.69) is 31.0 Å². The molecule has 0 bridgehead atoms. The molecule has 4 rings (SSSR count). The Kier molecular flexibility index (Phi) is 6.97. The maximum Gasteiger partial charge on any atom is 0.263 e. The summed E-state index contributed by atoms with van der Waals surface area (Å²) in [7, 11) is 0.821. The molecule has 0 unspecified atom stereocenters. The minimum absolute atomic E-state index is 0.258. The zero-order chi connectivity index (χ0) is 25.4. The number of nitrogens with one attached hydrogen (secondary N) is 2. The molecule has 35 heavy (non-hydrogen) atoms. The van der Waals surface area contributed by atoms with Gasteiger partial charge >= 0.3 is 0 Å². The fourth-order valence-electron chi connectivity index (χ4n) is 3.10. The molecule has 1 aromatic heterocycles. The highest BCUT2D eigenvalue weighted by Gasteiger charge is 2.30. The van der Waals surface area contributed by atoms with Crippen LogP contribution in [0.4, 0.5) is 23.2 Å². The highest BCUT2D eigenvalue weighted by molar-refractivity contribution is 9.10. The average Bonchev–Trinajstić information content (AvgIpc) is 3.23. The number of halogens is 6. The van der Waals surface area contributed by atoms with Crippen molar-refractivity contribution in [2.24, 2.45) is 0 Å². The van der Waals surface area contributed by atoms with E-state index in [1.807, 2.05) is 5.32 Å². The second-order valence-electron chi connectivity index (χ2n) is 6.90. The first-order valence-corrected chi connectivity index (χ1v) is 11.1. The summed E-state index contributed by atoms with van der Waals surface area (Å²) in [6.07, 6.45) is 0. The Hall–Kier alpha value is -3.22. The van der Waals surface area contributed by atoms with Gasteiger partial charge in [-0.15, -0.1) is 0 Å². The van der Waals surface area contributed by atoms with Gasteiger partial charge in [0.05, 0.1) is 17.7 Å². The Morgan fingerprint density at radius 2 is 1.77 bits per heavy atom. The smallest absolute Gasteiger partial charge is 0.263 e. The summed E-state index contributed by atoms with van der Waals surface area (Å²) < 4.78 is 66.9. The largest absolute Gasteiger partial charge is 0.491 e. The maximum absolute atomic E-state index is 14.2. The molecule has 180 valence electrons.